The molecule has 0 bridgehead atoms. The predicted octanol–water partition coefficient (Wildman–Crippen LogP) is 4.29. The summed E-state index contributed by atoms with van der Waals surface area (Å²) in [5.74, 6) is -3.80. The Labute approximate surface area is 215 Å². The minimum atomic E-state index is -4.93. The Bertz CT molecular complexity index is 1440. The molecular formula is C23H17F5N6O3S. The highest BCUT2D eigenvalue weighted by atomic mass is 32.1. The van der Waals surface area contributed by atoms with E-state index in [0.29, 0.717) is 10.7 Å². The largest absolute Gasteiger partial charge is 0.481 e. The quantitative estimate of drug-likeness (QED) is 0.297. The van der Waals surface area contributed by atoms with Gasteiger partial charge >= 0.3 is 12.1 Å². The number of aryl methyl sites for hydroxylation is 1. The lowest BCUT2D eigenvalue weighted by molar-refractivity contribution is -0.138. The Kier molecular flexibility index (Phi) is 7.75. The zero-order valence-electron chi connectivity index (χ0n) is 19.1. The van der Waals surface area contributed by atoms with E-state index >= 15 is 0 Å². The van der Waals surface area contributed by atoms with Gasteiger partial charge in [0.05, 0.1) is 24.4 Å². The number of benzene rings is 1. The number of carbonyl (C=O) groups excluding carboxylic acids is 1. The lowest BCUT2D eigenvalue weighted by Crippen LogP contribution is -2.37. The summed E-state index contributed by atoms with van der Waals surface area (Å²) in [4.78, 5) is 36.0. The summed E-state index contributed by atoms with van der Waals surface area (Å²) in [7, 11) is 0. The minimum absolute atomic E-state index is 0.0508. The van der Waals surface area contributed by atoms with Crippen LogP contribution in [0.25, 0.3) is 16.4 Å². The number of carboxylic acid groups (broad SMARTS) is 1. The standard InChI is InChI=1S/C23H17F5N6O3S/c24-12-10-30-18(31-11-12)5-4-13(8-19(35)36)32-21(37)16-9-17(22-29-6-7-38-22)34(33-16)20-14(23(26,27)28)2-1-3-15(20)25/h1-3,6-7,9-11,13H,4-5,8H2,(H,32,37)(H,35,36). The van der Waals surface area contributed by atoms with Gasteiger partial charge in [0.2, 0.25) is 0 Å². The van der Waals surface area contributed by atoms with Crippen LogP contribution in [0.5, 0.6) is 0 Å². The first-order valence-electron chi connectivity index (χ1n) is 10.9. The van der Waals surface area contributed by atoms with E-state index in [2.05, 4.69) is 25.4 Å². The molecule has 0 radical (unpaired) electrons. The molecule has 0 saturated carbocycles. The molecule has 1 unspecified atom stereocenters. The second kappa shape index (κ2) is 11.0. The number of hydrogen-bond donors (Lipinski definition) is 2. The Hall–Kier alpha value is -4.27. The van der Waals surface area contributed by atoms with E-state index in [9.17, 15) is 36.6 Å². The van der Waals surface area contributed by atoms with Crippen molar-refractivity contribution in [2.24, 2.45) is 0 Å². The summed E-state index contributed by atoms with van der Waals surface area (Å²) < 4.78 is 69.6. The number of nitrogens with one attached hydrogen (secondary N) is 1. The first kappa shape index (κ1) is 26.8. The predicted molar refractivity (Wildman–Crippen MR) is 123 cm³/mol. The number of carboxylic acids is 1. The molecule has 0 fully saturated rings. The average molecular weight is 552 g/mol. The number of rotatable bonds is 9. The molecule has 1 amide bonds. The number of hydrogen-bond acceptors (Lipinski definition) is 7. The Morgan fingerprint density at radius 2 is 1.87 bits per heavy atom. The van der Waals surface area contributed by atoms with Crippen molar-refractivity contribution in [3.8, 4) is 16.4 Å². The van der Waals surface area contributed by atoms with Crippen molar-refractivity contribution in [2.45, 2.75) is 31.5 Å². The maximum absolute atomic E-state index is 14.8. The number of carbonyl (C=O) groups is 2. The molecule has 0 aliphatic carbocycles. The highest BCUT2D eigenvalue weighted by molar-refractivity contribution is 7.13. The third-order valence-corrected chi connectivity index (χ3v) is 6.04. The summed E-state index contributed by atoms with van der Waals surface area (Å²) in [5.41, 5.74) is -2.69. The number of nitrogens with zero attached hydrogens (tertiary/aromatic N) is 5. The third kappa shape index (κ3) is 6.16. The Morgan fingerprint density at radius 3 is 2.50 bits per heavy atom. The van der Waals surface area contributed by atoms with Crippen LogP contribution in [0.1, 0.15) is 34.7 Å². The number of alkyl halides is 3. The van der Waals surface area contributed by atoms with Crippen molar-refractivity contribution in [2.75, 3.05) is 0 Å². The second-order valence-electron chi connectivity index (χ2n) is 7.92. The summed E-state index contributed by atoms with van der Waals surface area (Å²) >= 11 is 1.03. The van der Waals surface area contributed by atoms with Crippen molar-refractivity contribution >= 4 is 23.2 Å². The summed E-state index contributed by atoms with van der Waals surface area (Å²) in [5, 5.41) is 17.4. The molecule has 15 heteroatoms. The summed E-state index contributed by atoms with van der Waals surface area (Å²) in [6, 6.07) is 2.61. The number of aliphatic carboxylic acids is 1. The van der Waals surface area contributed by atoms with E-state index < -0.39 is 53.4 Å². The second-order valence-corrected chi connectivity index (χ2v) is 8.82. The maximum Gasteiger partial charge on any atom is 0.418 e. The van der Waals surface area contributed by atoms with Gasteiger partial charge in [0.25, 0.3) is 5.91 Å². The van der Waals surface area contributed by atoms with E-state index in [4.69, 9.17) is 0 Å². The number of para-hydroxylation sites is 1. The zero-order chi connectivity index (χ0) is 27.4. The zero-order valence-corrected chi connectivity index (χ0v) is 19.9. The fourth-order valence-corrected chi connectivity index (χ4v) is 4.23. The molecule has 2 N–H and O–H groups in total. The topological polar surface area (TPSA) is 123 Å². The van der Waals surface area contributed by atoms with E-state index in [1.807, 2.05) is 0 Å². The molecule has 0 saturated heterocycles. The first-order chi connectivity index (χ1) is 18.0. The van der Waals surface area contributed by atoms with Crippen LogP contribution >= 0.6 is 11.3 Å². The highest BCUT2D eigenvalue weighted by Gasteiger charge is 2.37. The molecule has 9 nitrogen and oxygen atoms in total. The smallest absolute Gasteiger partial charge is 0.418 e. The molecule has 38 heavy (non-hydrogen) atoms. The lowest BCUT2D eigenvalue weighted by Gasteiger charge is -2.16. The van der Waals surface area contributed by atoms with Crippen molar-refractivity contribution in [3.05, 3.63) is 77.0 Å². The van der Waals surface area contributed by atoms with Crippen LogP contribution in [0, 0.1) is 11.6 Å². The van der Waals surface area contributed by atoms with Gasteiger partial charge in [-0.25, -0.2) is 28.4 Å². The molecule has 4 aromatic rings. The molecule has 1 atom stereocenters. The third-order valence-electron chi connectivity index (χ3n) is 5.24. The van der Waals surface area contributed by atoms with Crippen LogP contribution in [0.2, 0.25) is 0 Å². The van der Waals surface area contributed by atoms with Gasteiger partial charge in [-0.3, -0.25) is 9.59 Å². The monoisotopic (exact) mass is 552 g/mol. The van der Waals surface area contributed by atoms with Gasteiger partial charge in [0.1, 0.15) is 28.0 Å². The molecular weight excluding hydrogens is 535 g/mol. The molecule has 3 aromatic heterocycles. The van der Waals surface area contributed by atoms with Gasteiger partial charge in [0.15, 0.2) is 11.5 Å². The highest BCUT2D eigenvalue weighted by Crippen LogP contribution is 2.37. The molecule has 0 spiro atoms. The SMILES string of the molecule is O=C(O)CC(CCc1ncc(F)cn1)NC(=O)c1cc(-c2nccs2)n(-c2c(F)cccc2C(F)(F)F)n1. The lowest BCUT2D eigenvalue weighted by atomic mass is 10.1. The van der Waals surface area contributed by atoms with Crippen LogP contribution in [-0.2, 0) is 17.4 Å². The van der Waals surface area contributed by atoms with Crippen molar-refractivity contribution in [1.82, 2.24) is 30.0 Å². The Morgan fingerprint density at radius 1 is 1.13 bits per heavy atom. The van der Waals surface area contributed by atoms with Crippen LogP contribution < -0.4 is 5.32 Å². The first-order valence-corrected chi connectivity index (χ1v) is 11.8. The molecule has 4 rings (SSSR count). The average Bonchev–Trinajstić information content (AvgIpc) is 3.52. The fraction of sp³-hybridized carbons (Fsp3) is 0.217. The number of aromatic nitrogens is 5. The van der Waals surface area contributed by atoms with Gasteiger partial charge < -0.3 is 10.4 Å². The van der Waals surface area contributed by atoms with Gasteiger partial charge in [0, 0.05) is 30.1 Å². The van der Waals surface area contributed by atoms with Crippen LogP contribution in [0.3, 0.4) is 0 Å². The van der Waals surface area contributed by atoms with E-state index in [0.717, 1.165) is 41.9 Å². The minimum Gasteiger partial charge on any atom is -0.481 e. The van der Waals surface area contributed by atoms with Crippen LogP contribution in [0.4, 0.5) is 22.0 Å². The van der Waals surface area contributed by atoms with E-state index in [1.165, 1.54) is 6.20 Å². The number of thiazole rings is 1. The van der Waals surface area contributed by atoms with Gasteiger partial charge in [-0.05, 0) is 18.6 Å². The van der Waals surface area contributed by atoms with Crippen molar-refractivity contribution in [3.63, 3.8) is 0 Å². The van der Waals surface area contributed by atoms with Crippen LogP contribution in [0.15, 0.2) is 48.2 Å². The molecule has 1 aromatic carbocycles. The van der Waals surface area contributed by atoms with E-state index in [-0.39, 0.29) is 35.1 Å². The molecule has 3 heterocycles. The van der Waals surface area contributed by atoms with Crippen molar-refractivity contribution < 1.29 is 36.6 Å². The molecule has 0 aliphatic heterocycles. The maximum atomic E-state index is 14.8. The number of amides is 1. The number of halogens is 5. The normalized spacial score (nSPS) is 12.3. The van der Waals surface area contributed by atoms with Crippen LogP contribution in [-0.4, -0.2) is 47.8 Å². The Balaban J connectivity index is 1.67. The van der Waals surface area contributed by atoms with Gasteiger partial charge in [-0.2, -0.15) is 18.3 Å². The van der Waals surface area contributed by atoms with Crippen molar-refractivity contribution in [1.29, 1.82) is 0 Å². The molecule has 0 aliphatic rings. The summed E-state index contributed by atoms with van der Waals surface area (Å²) in [6.45, 7) is 0. The summed E-state index contributed by atoms with van der Waals surface area (Å²) in [6.07, 6.45) is -2.02. The fourth-order valence-electron chi connectivity index (χ4n) is 3.59. The van der Waals surface area contributed by atoms with Gasteiger partial charge in [-0.15, -0.1) is 11.3 Å². The molecule has 198 valence electrons. The van der Waals surface area contributed by atoms with Gasteiger partial charge in [-0.1, -0.05) is 6.07 Å². The van der Waals surface area contributed by atoms with E-state index in [1.54, 1.807) is 5.38 Å².